The number of ether oxygens (including phenoxy) is 2. The molecule has 0 bridgehead atoms. The Morgan fingerprint density at radius 3 is 2.52 bits per heavy atom. The van der Waals surface area contributed by atoms with Gasteiger partial charge in [-0.05, 0) is 50.2 Å². The third-order valence-electron chi connectivity index (χ3n) is 3.58. The Morgan fingerprint density at radius 2 is 1.89 bits per heavy atom. The number of likely N-dealkylation sites (N-methyl/N-ethyl adjacent to an activating group) is 1. The predicted molar refractivity (Wildman–Crippen MR) is 96.8 cm³/mol. The molecule has 2 aromatic rings. The minimum atomic E-state index is -0.734. The fraction of sp³-hybridized carbons (Fsp3) is 0.300. The van der Waals surface area contributed by atoms with Gasteiger partial charge in [-0.3, -0.25) is 4.79 Å². The van der Waals surface area contributed by atoms with Gasteiger partial charge < -0.3 is 18.8 Å². The van der Waals surface area contributed by atoms with Gasteiger partial charge >= 0.3 is 5.97 Å². The number of halogens is 1. The first-order chi connectivity index (χ1) is 12.9. The molecule has 27 heavy (non-hydrogen) atoms. The van der Waals surface area contributed by atoms with E-state index >= 15 is 0 Å². The van der Waals surface area contributed by atoms with Gasteiger partial charge in [-0.15, -0.1) is 0 Å². The van der Waals surface area contributed by atoms with E-state index in [4.69, 9.17) is 13.9 Å². The summed E-state index contributed by atoms with van der Waals surface area (Å²) < 4.78 is 28.7. The number of esters is 1. The van der Waals surface area contributed by atoms with Crippen molar-refractivity contribution in [3.63, 3.8) is 0 Å². The largest absolute Gasteiger partial charge is 0.486 e. The van der Waals surface area contributed by atoms with E-state index in [0.29, 0.717) is 24.6 Å². The highest BCUT2D eigenvalue weighted by molar-refractivity contribution is 5.88. The second-order valence-electron chi connectivity index (χ2n) is 5.95. The summed E-state index contributed by atoms with van der Waals surface area (Å²) in [7, 11) is 0. The molecule has 0 atom stereocenters. The fourth-order valence-corrected chi connectivity index (χ4v) is 2.24. The van der Waals surface area contributed by atoms with Crippen LogP contribution in [0.25, 0.3) is 0 Å². The van der Waals surface area contributed by atoms with E-state index in [0.717, 1.165) is 5.57 Å². The molecule has 7 heteroatoms. The second-order valence-corrected chi connectivity index (χ2v) is 5.95. The molecule has 0 aliphatic rings. The number of furan rings is 1. The lowest BCUT2D eigenvalue weighted by Gasteiger charge is -2.20. The van der Waals surface area contributed by atoms with Crippen LogP contribution in [0.5, 0.6) is 5.75 Å². The van der Waals surface area contributed by atoms with Crippen LogP contribution >= 0.6 is 0 Å². The summed E-state index contributed by atoms with van der Waals surface area (Å²) in [5.74, 6) is -0.550. The number of carbonyl (C=O) groups excluding carboxylic acids is 2. The van der Waals surface area contributed by atoms with Gasteiger partial charge in [0.25, 0.3) is 5.91 Å². The molecule has 1 heterocycles. The molecule has 0 radical (unpaired) electrons. The van der Waals surface area contributed by atoms with Crippen molar-refractivity contribution >= 4 is 11.9 Å². The SMILES string of the molecule is C=C(C)CN(CC)C(=O)COC(=O)c1ccc(COc2ccc(F)cc2)o1. The van der Waals surface area contributed by atoms with Crippen LogP contribution in [0, 0.1) is 5.82 Å². The summed E-state index contributed by atoms with van der Waals surface area (Å²) in [5, 5.41) is 0. The van der Waals surface area contributed by atoms with Crippen molar-refractivity contribution < 1.29 is 27.9 Å². The quantitative estimate of drug-likeness (QED) is 0.495. The van der Waals surface area contributed by atoms with Crippen molar-refractivity contribution in [1.29, 1.82) is 0 Å². The van der Waals surface area contributed by atoms with Crippen LogP contribution in [0.3, 0.4) is 0 Å². The van der Waals surface area contributed by atoms with E-state index < -0.39 is 5.97 Å². The van der Waals surface area contributed by atoms with Crippen LogP contribution < -0.4 is 4.74 Å². The summed E-state index contributed by atoms with van der Waals surface area (Å²) in [6.45, 7) is 8.03. The molecule has 0 N–H and O–H groups in total. The third kappa shape index (κ3) is 6.29. The van der Waals surface area contributed by atoms with Gasteiger partial charge in [0.15, 0.2) is 6.61 Å². The maximum Gasteiger partial charge on any atom is 0.374 e. The van der Waals surface area contributed by atoms with Crippen LogP contribution in [0.1, 0.15) is 30.2 Å². The zero-order valence-corrected chi connectivity index (χ0v) is 15.4. The summed E-state index contributed by atoms with van der Waals surface area (Å²) in [6, 6.07) is 8.56. The molecule has 0 spiro atoms. The average Bonchev–Trinajstić information content (AvgIpc) is 3.12. The van der Waals surface area contributed by atoms with Crippen LogP contribution in [0.2, 0.25) is 0 Å². The molecular weight excluding hydrogens is 353 g/mol. The van der Waals surface area contributed by atoms with Gasteiger partial charge in [0.1, 0.15) is 23.9 Å². The molecule has 144 valence electrons. The number of amides is 1. The molecule has 0 aliphatic carbocycles. The van der Waals surface area contributed by atoms with Crippen molar-refractivity contribution in [2.24, 2.45) is 0 Å². The third-order valence-corrected chi connectivity index (χ3v) is 3.58. The first-order valence-electron chi connectivity index (χ1n) is 8.45. The summed E-state index contributed by atoms with van der Waals surface area (Å²) >= 11 is 0. The summed E-state index contributed by atoms with van der Waals surface area (Å²) in [5.41, 5.74) is 0.841. The highest BCUT2D eigenvalue weighted by Crippen LogP contribution is 2.15. The number of rotatable bonds is 9. The van der Waals surface area contributed by atoms with Gasteiger partial charge in [-0.25, -0.2) is 9.18 Å². The molecule has 2 rings (SSSR count). The lowest BCUT2D eigenvalue weighted by Crippen LogP contribution is -2.35. The first kappa shape index (κ1) is 20.2. The molecule has 1 aromatic heterocycles. The lowest BCUT2D eigenvalue weighted by atomic mass is 10.3. The Labute approximate surface area is 157 Å². The zero-order valence-electron chi connectivity index (χ0n) is 15.4. The predicted octanol–water partition coefficient (Wildman–Crippen LogP) is 3.58. The van der Waals surface area contributed by atoms with Crippen molar-refractivity contribution in [2.45, 2.75) is 20.5 Å². The maximum atomic E-state index is 12.8. The van der Waals surface area contributed by atoms with Crippen molar-refractivity contribution in [2.75, 3.05) is 19.7 Å². The number of nitrogens with zero attached hydrogens (tertiary/aromatic N) is 1. The van der Waals surface area contributed by atoms with Crippen LogP contribution in [0.4, 0.5) is 4.39 Å². The fourth-order valence-electron chi connectivity index (χ4n) is 2.24. The molecule has 0 saturated carbocycles. The highest BCUT2D eigenvalue weighted by atomic mass is 19.1. The monoisotopic (exact) mass is 375 g/mol. The molecular formula is C20H22FNO5. The Morgan fingerprint density at radius 1 is 1.19 bits per heavy atom. The van der Waals surface area contributed by atoms with E-state index in [1.807, 2.05) is 13.8 Å². The van der Waals surface area contributed by atoms with E-state index in [1.54, 1.807) is 11.0 Å². The van der Waals surface area contributed by atoms with E-state index in [2.05, 4.69) is 6.58 Å². The number of hydrogen-bond acceptors (Lipinski definition) is 5. The van der Waals surface area contributed by atoms with Gasteiger partial charge in [0.05, 0.1) is 0 Å². The standard InChI is InChI=1S/C20H22FNO5/c1-4-22(11-14(2)3)19(23)13-26-20(24)18-10-9-17(27-18)12-25-16-7-5-15(21)6-8-16/h5-10H,2,4,11-13H2,1,3H3. The molecule has 0 aliphatic heterocycles. The van der Waals surface area contributed by atoms with Crippen LogP contribution in [-0.4, -0.2) is 36.5 Å². The zero-order chi connectivity index (χ0) is 19.8. The number of benzene rings is 1. The van der Waals surface area contributed by atoms with E-state index in [-0.39, 0.29) is 30.7 Å². The average molecular weight is 375 g/mol. The highest BCUT2D eigenvalue weighted by Gasteiger charge is 2.18. The number of hydrogen-bond donors (Lipinski definition) is 0. The summed E-state index contributed by atoms with van der Waals surface area (Å²) in [4.78, 5) is 25.6. The minimum Gasteiger partial charge on any atom is -0.486 e. The van der Waals surface area contributed by atoms with Gasteiger partial charge in [-0.2, -0.15) is 0 Å². The molecule has 6 nitrogen and oxygen atoms in total. The first-order valence-corrected chi connectivity index (χ1v) is 8.45. The molecule has 1 amide bonds. The minimum absolute atomic E-state index is 0.0246. The van der Waals surface area contributed by atoms with E-state index in [9.17, 15) is 14.0 Å². The lowest BCUT2D eigenvalue weighted by molar-refractivity contribution is -0.134. The Kier molecular flexibility index (Phi) is 7.16. The number of carbonyl (C=O) groups is 2. The summed E-state index contributed by atoms with van der Waals surface area (Å²) in [6.07, 6.45) is 0. The van der Waals surface area contributed by atoms with E-state index in [1.165, 1.54) is 30.3 Å². The Bertz CT molecular complexity index is 797. The van der Waals surface area contributed by atoms with Gasteiger partial charge in [-0.1, -0.05) is 12.2 Å². The molecule has 0 fully saturated rings. The van der Waals surface area contributed by atoms with Gasteiger partial charge in [0.2, 0.25) is 5.76 Å². The molecule has 1 aromatic carbocycles. The Hall–Kier alpha value is -3.09. The van der Waals surface area contributed by atoms with Crippen LogP contribution in [-0.2, 0) is 16.1 Å². The Balaban J connectivity index is 1.84. The van der Waals surface area contributed by atoms with Crippen LogP contribution in [0.15, 0.2) is 53.0 Å². The van der Waals surface area contributed by atoms with Crippen molar-refractivity contribution in [3.05, 3.63) is 65.9 Å². The molecule has 0 unspecified atom stereocenters. The normalized spacial score (nSPS) is 10.3. The smallest absolute Gasteiger partial charge is 0.374 e. The maximum absolute atomic E-state index is 12.8. The molecule has 0 saturated heterocycles. The topological polar surface area (TPSA) is 69.0 Å². The van der Waals surface area contributed by atoms with Crippen molar-refractivity contribution in [3.8, 4) is 5.75 Å². The van der Waals surface area contributed by atoms with Crippen molar-refractivity contribution in [1.82, 2.24) is 4.90 Å². The second kappa shape index (κ2) is 9.56. The van der Waals surface area contributed by atoms with Gasteiger partial charge in [0, 0.05) is 13.1 Å².